The minimum absolute atomic E-state index is 0.0572. The van der Waals surface area contributed by atoms with Gasteiger partial charge < -0.3 is 14.6 Å². The number of benzene rings is 1. The van der Waals surface area contributed by atoms with E-state index < -0.39 is 11.8 Å². The van der Waals surface area contributed by atoms with Crippen LogP contribution in [0.2, 0.25) is 5.02 Å². The standard InChI is InChI=1S/C14H15ClO5/c1-7(2)10-8(11(16)14(17)18)6-9(15)12-13(10)20-5-3-4-19-12/h6-7H,3-5H2,1-2H3,(H,17,18). The monoisotopic (exact) mass is 298 g/mol. The molecule has 6 heteroatoms. The van der Waals surface area contributed by atoms with Crippen molar-refractivity contribution in [2.24, 2.45) is 0 Å². The highest BCUT2D eigenvalue weighted by Crippen LogP contribution is 2.44. The lowest BCUT2D eigenvalue weighted by Crippen LogP contribution is -2.16. The van der Waals surface area contributed by atoms with E-state index in [9.17, 15) is 9.59 Å². The number of Topliss-reactive ketones (excluding diaryl/α,β-unsaturated/α-hetero) is 1. The first-order valence-electron chi connectivity index (χ1n) is 6.33. The van der Waals surface area contributed by atoms with Gasteiger partial charge in [-0.3, -0.25) is 4.79 Å². The van der Waals surface area contributed by atoms with Crippen molar-refractivity contribution in [3.63, 3.8) is 0 Å². The van der Waals surface area contributed by atoms with Crippen molar-refractivity contribution in [3.05, 3.63) is 22.2 Å². The number of carboxylic acid groups (broad SMARTS) is 1. The number of hydrogen-bond donors (Lipinski definition) is 1. The summed E-state index contributed by atoms with van der Waals surface area (Å²) in [4.78, 5) is 22.8. The van der Waals surface area contributed by atoms with Gasteiger partial charge in [0.15, 0.2) is 11.5 Å². The smallest absolute Gasteiger partial charge is 0.377 e. The van der Waals surface area contributed by atoms with Crippen LogP contribution in [0.3, 0.4) is 0 Å². The average molecular weight is 299 g/mol. The molecule has 20 heavy (non-hydrogen) atoms. The Morgan fingerprint density at radius 3 is 2.40 bits per heavy atom. The Morgan fingerprint density at radius 2 is 1.85 bits per heavy atom. The Labute approximate surface area is 121 Å². The fourth-order valence-electron chi connectivity index (χ4n) is 2.18. The molecule has 0 unspecified atom stereocenters. The Balaban J connectivity index is 2.70. The number of rotatable bonds is 3. The third-order valence-electron chi connectivity index (χ3n) is 3.03. The van der Waals surface area contributed by atoms with Crippen molar-refractivity contribution in [1.29, 1.82) is 0 Å². The van der Waals surface area contributed by atoms with Crippen molar-refractivity contribution < 1.29 is 24.2 Å². The number of hydrogen-bond acceptors (Lipinski definition) is 4. The van der Waals surface area contributed by atoms with Gasteiger partial charge in [-0.15, -0.1) is 0 Å². The number of aliphatic carboxylic acids is 1. The first kappa shape index (κ1) is 14.7. The zero-order valence-electron chi connectivity index (χ0n) is 11.2. The van der Waals surface area contributed by atoms with Crippen LogP contribution in [0.5, 0.6) is 11.5 Å². The lowest BCUT2D eigenvalue weighted by Gasteiger charge is -2.19. The van der Waals surface area contributed by atoms with Crippen molar-refractivity contribution in [1.82, 2.24) is 0 Å². The molecule has 5 nitrogen and oxygen atoms in total. The molecular formula is C14H15ClO5. The van der Waals surface area contributed by atoms with E-state index in [-0.39, 0.29) is 16.5 Å². The summed E-state index contributed by atoms with van der Waals surface area (Å²) in [6, 6.07) is 1.35. The van der Waals surface area contributed by atoms with Crippen LogP contribution in [0.25, 0.3) is 0 Å². The second-order valence-electron chi connectivity index (χ2n) is 4.82. The van der Waals surface area contributed by atoms with Crippen molar-refractivity contribution >= 4 is 23.4 Å². The maximum Gasteiger partial charge on any atom is 0.377 e. The number of ether oxygens (including phenoxy) is 2. The Hall–Kier alpha value is -1.75. The Bertz CT molecular complexity index is 565. The summed E-state index contributed by atoms with van der Waals surface area (Å²) in [5.74, 6) is -1.84. The van der Waals surface area contributed by atoms with E-state index in [0.29, 0.717) is 36.7 Å². The third kappa shape index (κ3) is 2.58. The maximum atomic E-state index is 11.8. The number of ketones is 1. The van der Waals surface area contributed by atoms with Gasteiger partial charge in [0, 0.05) is 17.5 Å². The summed E-state index contributed by atoms with van der Waals surface area (Å²) >= 11 is 6.10. The van der Waals surface area contributed by atoms with E-state index in [4.69, 9.17) is 26.2 Å². The summed E-state index contributed by atoms with van der Waals surface area (Å²) in [6.45, 7) is 4.62. The summed E-state index contributed by atoms with van der Waals surface area (Å²) < 4.78 is 11.2. The first-order chi connectivity index (χ1) is 9.43. The maximum absolute atomic E-state index is 11.8. The Kier molecular flexibility index (Phi) is 4.18. The summed E-state index contributed by atoms with van der Waals surface area (Å²) in [7, 11) is 0. The van der Waals surface area contributed by atoms with Gasteiger partial charge in [-0.25, -0.2) is 4.79 Å². The summed E-state index contributed by atoms with van der Waals surface area (Å²) in [5.41, 5.74) is 0.584. The molecule has 0 atom stereocenters. The molecular weight excluding hydrogens is 284 g/mol. The molecule has 0 aromatic heterocycles. The van der Waals surface area contributed by atoms with Gasteiger partial charge in [-0.2, -0.15) is 0 Å². The molecule has 1 heterocycles. The van der Waals surface area contributed by atoms with E-state index in [1.807, 2.05) is 13.8 Å². The zero-order chi connectivity index (χ0) is 14.9. The highest BCUT2D eigenvalue weighted by molar-refractivity contribution is 6.41. The van der Waals surface area contributed by atoms with Crippen LogP contribution < -0.4 is 9.47 Å². The molecule has 0 amide bonds. The van der Waals surface area contributed by atoms with Gasteiger partial charge in [-0.1, -0.05) is 25.4 Å². The number of carbonyl (C=O) groups excluding carboxylic acids is 1. The number of halogens is 1. The van der Waals surface area contributed by atoms with Crippen molar-refractivity contribution in [3.8, 4) is 11.5 Å². The second-order valence-corrected chi connectivity index (χ2v) is 5.22. The van der Waals surface area contributed by atoms with Crippen LogP contribution >= 0.6 is 11.6 Å². The molecule has 2 rings (SSSR count). The van der Waals surface area contributed by atoms with Crippen molar-refractivity contribution in [2.45, 2.75) is 26.2 Å². The highest BCUT2D eigenvalue weighted by Gasteiger charge is 2.29. The minimum atomic E-state index is -1.52. The lowest BCUT2D eigenvalue weighted by molar-refractivity contribution is -0.131. The van der Waals surface area contributed by atoms with Gasteiger partial charge >= 0.3 is 5.97 Å². The largest absolute Gasteiger partial charge is 0.489 e. The first-order valence-corrected chi connectivity index (χ1v) is 6.71. The fourth-order valence-corrected chi connectivity index (χ4v) is 2.43. The lowest BCUT2D eigenvalue weighted by atomic mass is 9.93. The normalized spacial score (nSPS) is 14.0. The molecule has 0 saturated carbocycles. The topological polar surface area (TPSA) is 72.8 Å². The van der Waals surface area contributed by atoms with Crippen LogP contribution in [0.1, 0.15) is 42.1 Å². The van der Waals surface area contributed by atoms with E-state index in [1.54, 1.807) is 0 Å². The molecule has 1 N–H and O–H groups in total. The predicted molar refractivity (Wildman–Crippen MR) is 73.1 cm³/mol. The van der Waals surface area contributed by atoms with Crippen molar-refractivity contribution in [2.75, 3.05) is 13.2 Å². The van der Waals surface area contributed by atoms with Crippen LogP contribution in [0.15, 0.2) is 6.07 Å². The highest BCUT2D eigenvalue weighted by atomic mass is 35.5. The molecule has 108 valence electrons. The number of carboxylic acids is 1. The minimum Gasteiger partial charge on any atom is -0.489 e. The van der Waals surface area contributed by atoms with Gasteiger partial charge in [0.05, 0.1) is 18.2 Å². The number of fused-ring (bicyclic) bond motifs is 1. The Morgan fingerprint density at radius 1 is 1.25 bits per heavy atom. The van der Waals surface area contributed by atoms with Gasteiger partial charge in [-0.05, 0) is 12.0 Å². The molecule has 1 aromatic carbocycles. The summed E-state index contributed by atoms with van der Waals surface area (Å²) in [5, 5.41) is 9.12. The van der Waals surface area contributed by atoms with E-state index in [1.165, 1.54) is 6.07 Å². The van der Waals surface area contributed by atoms with E-state index in [2.05, 4.69) is 0 Å². The van der Waals surface area contributed by atoms with Gasteiger partial charge in [0.25, 0.3) is 5.78 Å². The molecule has 0 fully saturated rings. The molecule has 1 aromatic rings. The average Bonchev–Trinajstić information content (AvgIpc) is 2.62. The molecule has 0 aliphatic carbocycles. The molecule has 0 spiro atoms. The molecule has 1 aliphatic heterocycles. The quantitative estimate of drug-likeness (QED) is 0.686. The SMILES string of the molecule is CC(C)c1c(C(=O)C(=O)O)cc(Cl)c2c1OCCCO2. The van der Waals surface area contributed by atoms with Gasteiger partial charge in [0.2, 0.25) is 0 Å². The molecule has 0 bridgehead atoms. The van der Waals surface area contributed by atoms with Crippen LogP contribution in [0.4, 0.5) is 0 Å². The molecule has 0 saturated heterocycles. The fraction of sp³-hybridized carbons (Fsp3) is 0.429. The third-order valence-corrected chi connectivity index (χ3v) is 3.31. The zero-order valence-corrected chi connectivity index (χ0v) is 12.0. The summed E-state index contributed by atoms with van der Waals surface area (Å²) in [6.07, 6.45) is 0.699. The van der Waals surface area contributed by atoms with E-state index >= 15 is 0 Å². The van der Waals surface area contributed by atoms with E-state index in [0.717, 1.165) is 0 Å². The molecule has 1 aliphatic rings. The van der Waals surface area contributed by atoms with Gasteiger partial charge in [0.1, 0.15) is 0 Å². The van der Waals surface area contributed by atoms with Crippen LogP contribution in [-0.2, 0) is 4.79 Å². The molecule has 0 radical (unpaired) electrons. The number of carbonyl (C=O) groups is 2. The predicted octanol–water partition coefficient (Wildman–Crippen LogP) is 2.89. The van der Waals surface area contributed by atoms with Crippen LogP contribution in [0, 0.1) is 0 Å². The van der Waals surface area contributed by atoms with Crippen LogP contribution in [-0.4, -0.2) is 30.1 Å². The second kappa shape index (κ2) is 5.71.